The van der Waals surface area contributed by atoms with E-state index in [1.54, 1.807) is 28.4 Å². The van der Waals surface area contributed by atoms with Crippen molar-refractivity contribution in [3.63, 3.8) is 0 Å². The molecule has 0 amide bonds. The quantitative estimate of drug-likeness (QED) is 0.328. The van der Waals surface area contributed by atoms with Gasteiger partial charge in [0.25, 0.3) is 0 Å². The lowest BCUT2D eigenvalue weighted by Crippen LogP contribution is -2.47. The average molecular weight is 525 g/mol. The molecule has 6 nitrogen and oxygen atoms in total. The summed E-state index contributed by atoms with van der Waals surface area (Å²) in [5, 5.41) is 0.824. The fourth-order valence-corrected chi connectivity index (χ4v) is 5.32. The monoisotopic (exact) mass is 524 g/mol. The van der Waals surface area contributed by atoms with Crippen LogP contribution in [0.4, 0.5) is 5.69 Å². The molecule has 1 atom stereocenters. The number of rotatable bonds is 9. The van der Waals surface area contributed by atoms with E-state index in [1.807, 2.05) is 24.3 Å². The first-order chi connectivity index (χ1) is 17.9. The van der Waals surface area contributed by atoms with Crippen LogP contribution in [0.3, 0.4) is 0 Å². The molecule has 1 saturated heterocycles. The Bertz CT molecular complexity index is 1220. The maximum absolute atomic E-state index is 6.37. The highest BCUT2D eigenvalue weighted by Gasteiger charge is 2.24. The molecular weight excluding hydrogens is 488 g/mol. The minimum Gasteiger partial charge on any atom is -0.493 e. The van der Waals surface area contributed by atoms with Gasteiger partial charge in [-0.25, -0.2) is 0 Å². The van der Waals surface area contributed by atoms with Gasteiger partial charge in [0.1, 0.15) is 0 Å². The summed E-state index contributed by atoms with van der Waals surface area (Å²) in [6, 6.07) is 16.3. The lowest BCUT2D eigenvalue weighted by molar-refractivity contribution is 0.246. The highest BCUT2D eigenvalue weighted by Crippen LogP contribution is 2.41. The van der Waals surface area contributed by atoms with Crippen molar-refractivity contribution in [3.8, 4) is 34.1 Å². The van der Waals surface area contributed by atoms with E-state index in [4.69, 9.17) is 30.5 Å². The molecule has 3 aromatic carbocycles. The summed E-state index contributed by atoms with van der Waals surface area (Å²) in [6.45, 7) is 9.26. The SMILES string of the molecule is COc1ccc(-c2cc(OC)c(OC)cc2C(C)CN2CCN(c3cccc(Cl)c3C)CC2)cc1OC. The van der Waals surface area contributed by atoms with Crippen LogP contribution in [-0.4, -0.2) is 66.1 Å². The number of nitrogens with zero attached hydrogens (tertiary/aromatic N) is 2. The van der Waals surface area contributed by atoms with Gasteiger partial charge in [-0.15, -0.1) is 0 Å². The summed E-state index contributed by atoms with van der Waals surface area (Å²) in [5.41, 5.74) is 5.73. The molecule has 1 fully saturated rings. The standard InChI is InChI=1S/C30H37ClN2O4/c1-20(19-32-12-14-33(15-13-32)26-9-7-8-25(31)21(26)2)23-17-29(36-5)30(37-6)18-24(23)22-10-11-27(34-3)28(16-22)35-4/h7-11,16-18,20H,12-15,19H2,1-6H3. The van der Waals surface area contributed by atoms with E-state index >= 15 is 0 Å². The highest BCUT2D eigenvalue weighted by atomic mass is 35.5. The van der Waals surface area contributed by atoms with Crippen LogP contribution in [0.15, 0.2) is 48.5 Å². The molecule has 1 aliphatic rings. The third kappa shape index (κ3) is 5.76. The van der Waals surface area contributed by atoms with Crippen molar-refractivity contribution < 1.29 is 18.9 Å². The van der Waals surface area contributed by atoms with Crippen LogP contribution in [0.5, 0.6) is 23.0 Å². The van der Waals surface area contributed by atoms with Crippen LogP contribution in [-0.2, 0) is 0 Å². The highest BCUT2D eigenvalue weighted by molar-refractivity contribution is 6.31. The molecule has 7 heteroatoms. The lowest BCUT2D eigenvalue weighted by atomic mass is 9.90. The number of anilines is 1. The van der Waals surface area contributed by atoms with Gasteiger partial charge in [-0.1, -0.05) is 30.7 Å². The lowest BCUT2D eigenvalue weighted by Gasteiger charge is -2.38. The van der Waals surface area contributed by atoms with Crippen molar-refractivity contribution in [1.29, 1.82) is 0 Å². The number of methoxy groups -OCH3 is 4. The third-order valence-corrected chi connectivity index (χ3v) is 7.67. The molecule has 0 aliphatic carbocycles. The second kappa shape index (κ2) is 12.0. The zero-order valence-corrected chi connectivity index (χ0v) is 23.4. The molecule has 0 bridgehead atoms. The van der Waals surface area contributed by atoms with E-state index in [2.05, 4.69) is 47.9 Å². The van der Waals surface area contributed by atoms with Crippen molar-refractivity contribution in [3.05, 3.63) is 64.7 Å². The zero-order valence-electron chi connectivity index (χ0n) is 22.6. The maximum atomic E-state index is 6.37. The molecule has 1 unspecified atom stereocenters. The van der Waals surface area contributed by atoms with Gasteiger partial charge >= 0.3 is 0 Å². The summed E-state index contributed by atoms with van der Waals surface area (Å²) in [6.07, 6.45) is 0. The molecule has 0 saturated carbocycles. The number of halogens is 1. The molecule has 198 valence electrons. The van der Waals surface area contributed by atoms with E-state index in [9.17, 15) is 0 Å². The Morgan fingerprint density at radius 2 is 1.41 bits per heavy atom. The normalized spacial score (nSPS) is 14.8. The Hall–Kier alpha value is -3.09. The number of hydrogen-bond acceptors (Lipinski definition) is 6. The van der Waals surface area contributed by atoms with Crippen LogP contribution in [0, 0.1) is 6.92 Å². The van der Waals surface area contributed by atoms with Crippen LogP contribution >= 0.6 is 11.6 Å². The number of benzene rings is 3. The largest absolute Gasteiger partial charge is 0.493 e. The first-order valence-corrected chi connectivity index (χ1v) is 13.0. The molecule has 37 heavy (non-hydrogen) atoms. The Balaban J connectivity index is 1.58. The van der Waals surface area contributed by atoms with Crippen molar-refractivity contribution in [2.24, 2.45) is 0 Å². The van der Waals surface area contributed by atoms with Gasteiger partial charge in [0.2, 0.25) is 0 Å². The predicted octanol–water partition coefficient (Wildman–Crippen LogP) is 6.28. The number of hydrogen-bond donors (Lipinski definition) is 0. The average Bonchev–Trinajstić information content (AvgIpc) is 2.93. The molecule has 0 radical (unpaired) electrons. The maximum Gasteiger partial charge on any atom is 0.161 e. The van der Waals surface area contributed by atoms with Gasteiger partial charge in [-0.2, -0.15) is 0 Å². The van der Waals surface area contributed by atoms with Crippen molar-refractivity contribution in [2.45, 2.75) is 19.8 Å². The molecular formula is C30H37ClN2O4. The molecule has 3 aromatic rings. The first kappa shape index (κ1) is 27.0. The second-order valence-corrected chi connectivity index (χ2v) is 9.84. The Kier molecular flexibility index (Phi) is 8.72. The summed E-state index contributed by atoms with van der Waals surface area (Å²) in [4.78, 5) is 4.98. The molecule has 4 rings (SSSR count). The van der Waals surface area contributed by atoms with E-state index in [0.29, 0.717) is 17.2 Å². The third-order valence-electron chi connectivity index (χ3n) is 7.27. The Morgan fingerprint density at radius 1 is 0.784 bits per heavy atom. The van der Waals surface area contributed by atoms with Crippen LogP contribution < -0.4 is 23.8 Å². The fourth-order valence-electron chi connectivity index (χ4n) is 5.15. The van der Waals surface area contributed by atoms with Crippen LogP contribution in [0.1, 0.15) is 24.0 Å². The van der Waals surface area contributed by atoms with Gasteiger partial charge in [0, 0.05) is 43.4 Å². The molecule has 0 aromatic heterocycles. The molecule has 1 aliphatic heterocycles. The topological polar surface area (TPSA) is 43.4 Å². The van der Waals surface area contributed by atoms with E-state index < -0.39 is 0 Å². The number of ether oxygens (including phenoxy) is 4. The summed E-state index contributed by atoms with van der Waals surface area (Å²) >= 11 is 6.37. The van der Waals surface area contributed by atoms with Gasteiger partial charge in [0.05, 0.1) is 28.4 Å². The van der Waals surface area contributed by atoms with Gasteiger partial charge in [-0.3, -0.25) is 4.90 Å². The Labute approximate surface area is 225 Å². The Morgan fingerprint density at radius 3 is 2.05 bits per heavy atom. The van der Waals surface area contributed by atoms with Crippen LogP contribution in [0.25, 0.3) is 11.1 Å². The minimum absolute atomic E-state index is 0.266. The van der Waals surface area contributed by atoms with Crippen LogP contribution in [0.2, 0.25) is 5.02 Å². The first-order valence-electron chi connectivity index (χ1n) is 12.6. The number of piperazine rings is 1. The predicted molar refractivity (Wildman–Crippen MR) is 151 cm³/mol. The van der Waals surface area contributed by atoms with Gasteiger partial charge in [0.15, 0.2) is 23.0 Å². The van der Waals surface area contributed by atoms with Gasteiger partial charge in [-0.05, 0) is 71.5 Å². The molecule has 0 spiro atoms. The van der Waals surface area contributed by atoms with E-state index in [1.165, 1.54) is 11.3 Å². The van der Waals surface area contributed by atoms with E-state index in [-0.39, 0.29) is 5.92 Å². The van der Waals surface area contributed by atoms with Gasteiger partial charge < -0.3 is 23.8 Å². The molecule has 0 N–H and O–H groups in total. The zero-order chi connectivity index (χ0) is 26.5. The van der Waals surface area contributed by atoms with Crippen molar-refractivity contribution >= 4 is 17.3 Å². The second-order valence-electron chi connectivity index (χ2n) is 9.44. The van der Waals surface area contributed by atoms with E-state index in [0.717, 1.165) is 60.2 Å². The van der Waals surface area contributed by atoms with Crippen molar-refractivity contribution in [2.75, 3.05) is 66.1 Å². The minimum atomic E-state index is 0.266. The summed E-state index contributed by atoms with van der Waals surface area (Å²) in [7, 11) is 6.65. The fraction of sp³-hybridized carbons (Fsp3) is 0.400. The smallest absolute Gasteiger partial charge is 0.161 e. The summed E-state index contributed by atoms with van der Waals surface area (Å²) < 4.78 is 22.4. The molecule has 1 heterocycles. The summed E-state index contributed by atoms with van der Waals surface area (Å²) in [5.74, 6) is 3.10. The van der Waals surface area contributed by atoms with Crippen molar-refractivity contribution in [1.82, 2.24) is 4.90 Å².